The van der Waals surface area contributed by atoms with E-state index in [4.69, 9.17) is 0 Å². The summed E-state index contributed by atoms with van der Waals surface area (Å²) in [5, 5.41) is 18.1. The van der Waals surface area contributed by atoms with Gasteiger partial charge < -0.3 is 14.6 Å². The van der Waals surface area contributed by atoms with E-state index in [1.165, 1.54) is 25.2 Å². The van der Waals surface area contributed by atoms with Crippen LogP contribution >= 0.6 is 0 Å². The van der Waals surface area contributed by atoms with Crippen LogP contribution in [0.5, 0.6) is 0 Å². The van der Waals surface area contributed by atoms with Crippen LogP contribution in [0.15, 0.2) is 0 Å². The average Bonchev–Trinajstić information content (AvgIpc) is 2.90. The van der Waals surface area contributed by atoms with Crippen molar-refractivity contribution in [3.05, 3.63) is 11.6 Å². The number of likely N-dealkylation sites (tertiary alicyclic amines) is 1. The second-order valence-corrected chi connectivity index (χ2v) is 5.90. The van der Waals surface area contributed by atoms with E-state index < -0.39 is 0 Å². The van der Waals surface area contributed by atoms with Crippen LogP contribution in [0.2, 0.25) is 0 Å². The molecule has 1 fully saturated rings. The summed E-state index contributed by atoms with van der Waals surface area (Å²) in [7, 11) is 0. The molecule has 0 radical (unpaired) electrons. The third-order valence-electron chi connectivity index (χ3n) is 4.66. The number of aliphatic hydroxyl groups excluding tert-OH is 1. The summed E-state index contributed by atoms with van der Waals surface area (Å²) in [5.74, 6) is 3.18. The number of fused-ring (bicyclic) bond motifs is 1. The highest BCUT2D eigenvalue weighted by molar-refractivity contribution is 5.07. The molecule has 19 heavy (non-hydrogen) atoms. The van der Waals surface area contributed by atoms with E-state index in [-0.39, 0.29) is 6.61 Å². The monoisotopic (exact) mass is 264 g/mol. The van der Waals surface area contributed by atoms with Crippen LogP contribution in [0.25, 0.3) is 0 Å². The summed E-state index contributed by atoms with van der Waals surface area (Å²) in [6, 6.07) is 0. The van der Waals surface area contributed by atoms with Gasteiger partial charge in [0.25, 0.3) is 0 Å². The van der Waals surface area contributed by atoms with Crippen molar-refractivity contribution in [1.29, 1.82) is 0 Å². The molecule has 2 aliphatic rings. The van der Waals surface area contributed by atoms with Gasteiger partial charge in [-0.05, 0) is 38.3 Å². The third-order valence-corrected chi connectivity index (χ3v) is 4.66. The molecule has 1 saturated heterocycles. The molecule has 106 valence electrons. The Hall–Kier alpha value is -0.940. The van der Waals surface area contributed by atoms with Crippen LogP contribution in [0.4, 0.5) is 0 Å². The third kappa shape index (κ3) is 2.54. The molecule has 0 bridgehead atoms. The minimum Gasteiger partial charge on any atom is -0.396 e. The van der Waals surface area contributed by atoms with E-state index in [2.05, 4.69) is 26.6 Å². The van der Waals surface area contributed by atoms with Gasteiger partial charge in [-0.2, -0.15) is 0 Å². The van der Waals surface area contributed by atoms with E-state index in [0.29, 0.717) is 11.8 Å². The largest absolute Gasteiger partial charge is 0.396 e. The molecule has 0 spiro atoms. The topological polar surface area (TPSA) is 54.2 Å². The number of rotatable bonds is 3. The Labute approximate surface area is 114 Å². The maximum atomic E-state index is 9.27. The Morgan fingerprint density at radius 1 is 1.26 bits per heavy atom. The highest BCUT2D eigenvalue weighted by Crippen LogP contribution is 2.29. The molecule has 2 atom stereocenters. The lowest BCUT2D eigenvalue weighted by Gasteiger charge is -2.32. The highest BCUT2D eigenvalue weighted by atomic mass is 16.3. The molecule has 1 aromatic heterocycles. The fourth-order valence-electron chi connectivity index (χ4n) is 3.43. The summed E-state index contributed by atoms with van der Waals surface area (Å²) < 4.78 is 2.32. The van der Waals surface area contributed by atoms with E-state index in [9.17, 15) is 5.11 Å². The normalized spacial score (nSPS) is 28.3. The summed E-state index contributed by atoms with van der Waals surface area (Å²) in [5.41, 5.74) is 0. The Morgan fingerprint density at radius 2 is 2.16 bits per heavy atom. The summed E-state index contributed by atoms with van der Waals surface area (Å²) in [6.07, 6.45) is 4.44. The molecule has 0 aromatic carbocycles. The first kappa shape index (κ1) is 13.1. The smallest absolute Gasteiger partial charge is 0.137 e. The Balaban J connectivity index is 1.77. The predicted molar refractivity (Wildman–Crippen MR) is 73.0 cm³/mol. The van der Waals surface area contributed by atoms with Gasteiger partial charge in [0, 0.05) is 32.0 Å². The lowest BCUT2D eigenvalue weighted by molar-refractivity contribution is 0.192. The molecule has 5 heteroatoms. The van der Waals surface area contributed by atoms with Crippen molar-refractivity contribution in [1.82, 2.24) is 19.7 Å². The first-order valence-electron chi connectivity index (χ1n) is 7.57. The van der Waals surface area contributed by atoms with E-state index in [1.54, 1.807) is 0 Å². The van der Waals surface area contributed by atoms with Crippen molar-refractivity contribution in [2.45, 2.75) is 45.1 Å². The van der Waals surface area contributed by atoms with Crippen LogP contribution < -0.4 is 0 Å². The van der Waals surface area contributed by atoms with Gasteiger partial charge >= 0.3 is 0 Å². The van der Waals surface area contributed by atoms with Gasteiger partial charge in [-0.3, -0.25) is 0 Å². The molecular formula is C14H24N4O. The highest BCUT2D eigenvalue weighted by Gasteiger charge is 2.28. The Kier molecular flexibility index (Phi) is 3.84. The van der Waals surface area contributed by atoms with Gasteiger partial charge in [0.05, 0.1) is 0 Å². The van der Waals surface area contributed by atoms with Crippen LogP contribution in [-0.4, -0.2) is 51.0 Å². The van der Waals surface area contributed by atoms with Crippen molar-refractivity contribution >= 4 is 0 Å². The second kappa shape index (κ2) is 5.59. The van der Waals surface area contributed by atoms with E-state index in [1.807, 2.05) is 0 Å². The summed E-state index contributed by atoms with van der Waals surface area (Å²) in [4.78, 5) is 2.51. The van der Waals surface area contributed by atoms with Crippen LogP contribution in [0, 0.1) is 5.92 Å². The Bertz CT molecular complexity index is 431. The van der Waals surface area contributed by atoms with E-state index >= 15 is 0 Å². The van der Waals surface area contributed by atoms with Crippen molar-refractivity contribution in [3.63, 3.8) is 0 Å². The molecule has 0 aliphatic carbocycles. The van der Waals surface area contributed by atoms with Gasteiger partial charge in [0.15, 0.2) is 0 Å². The maximum absolute atomic E-state index is 9.27. The average molecular weight is 264 g/mol. The van der Waals surface area contributed by atoms with Crippen molar-refractivity contribution in [2.24, 2.45) is 5.92 Å². The molecule has 2 aliphatic heterocycles. The van der Waals surface area contributed by atoms with E-state index in [0.717, 1.165) is 38.3 Å². The van der Waals surface area contributed by atoms with Gasteiger partial charge in [0.2, 0.25) is 0 Å². The molecule has 3 rings (SSSR count). The minimum atomic E-state index is 0.273. The number of aromatic nitrogens is 3. The van der Waals surface area contributed by atoms with Crippen molar-refractivity contribution in [3.8, 4) is 0 Å². The minimum absolute atomic E-state index is 0.273. The predicted octanol–water partition coefficient (Wildman–Crippen LogP) is 1.03. The number of hydrogen-bond acceptors (Lipinski definition) is 4. The molecule has 2 unspecified atom stereocenters. The quantitative estimate of drug-likeness (QED) is 0.886. The number of aliphatic hydroxyl groups is 1. The van der Waals surface area contributed by atoms with Crippen LogP contribution in [0.1, 0.15) is 43.8 Å². The summed E-state index contributed by atoms with van der Waals surface area (Å²) in [6.45, 7) is 6.96. The lowest BCUT2D eigenvalue weighted by atomic mass is 9.95. The molecule has 5 nitrogen and oxygen atoms in total. The molecule has 1 N–H and O–H groups in total. The molecule has 0 saturated carbocycles. The standard InChI is InChI=1S/C14H24N4O/c1-2-17-6-3-4-12(9-17)14-16-15-13-8-11(10-19)5-7-18(13)14/h11-12,19H,2-10H2,1H3. The first-order valence-corrected chi connectivity index (χ1v) is 7.57. The number of likely N-dealkylation sites (N-methyl/N-ethyl adjacent to an activating group) is 1. The van der Waals surface area contributed by atoms with Gasteiger partial charge in [0.1, 0.15) is 11.6 Å². The van der Waals surface area contributed by atoms with Gasteiger partial charge in [-0.25, -0.2) is 0 Å². The summed E-state index contributed by atoms with van der Waals surface area (Å²) >= 11 is 0. The van der Waals surface area contributed by atoms with Crippen LogP contribution in [0.3, 0.4) is 0 Å². The number of piperidine rings is 1. The lowest BCUT2D eigenvalue weighted by Crippen LogP contribution is -2.35. The maximum Gasteiger partial charge on any atom is 0.137 e. The molecule has 0 amide bonds. The van der Waals surface area contributed by atoms with Crippen LogP contribution in [-0.2, 0) is 13.0 Å². The van der Waals surface area contributed by atoms with Crippen molar-refractivity contribution < 1.29 is 5.11 Å². The fourth-order valence-corrected chi connectivity index (χ4v) is 3.43. The Morgan fingerprint density at radius 3 is 2.95 bits per heavy atom. The second-order valence-electron chi connectivity index (χ2n) is 5.90. The zero-order chi connectivity index (χ0) is 13.2. The van der Waals surface area contributed by atoms with Gasteiger partial charge in [-0.15, -0.1) is 10.2 Å². The number of hydrogen-bond donors (Lipinski definition) is 1. The van der Waals surface area contributed by atoms with Crippen molar-refractivity contribution in [2.75, 3.05) is 26.2 Å². The molecule has 1 aromatic rings. The SMILES string of the molecule is CCN1CCCC(c2nnc3n2CCC(CO)C3)C1. The fraction of sp³-hybridized carbons (Fsp3) is 0.857. The van der Waals surface area contributed by atoms with Gasteiger partial charge in [-0.1, -0.05) is 6.92 Å². The molecular weight excluding hydrogens is 240 g/mol. The molecule has 3 heterocycles. The zero-order valence-corrected chi connectivity index (χ0v) is 11.8. The zero-order valence-electron chi connectivity index (χ0n) is 11.8. The first-order chi connectivity index (χ1) is 9.31. The number of nitrogens with zero attached hydrogens (tertiary/aromatic N) is 4.